The first-order valence-electron chi connectivity index (χ1n) is 7.96. The highest BCUT2D eigenvalue weighted by Gasteiger charge is 2.25. The fourth-order valence-electron chi connectivity index (χ4n) is 2.66. The van der Waals surface area contributed by atoms with Crippen molar-refractivity contribution in [3.63, 3.8) is 0 Å². The number of rotatable bonds is 4. The Morgan fingerprint density at radius 1 is 1.29 bits per heavy atom. The van der Waals surface area contributed by atoms with Gasteiger partial charge in [-0.3, -0.25) is 4.79 Å². The first-order chi connectivity index (χ1) is 11.6. The average Bonchev–Trinajstić information content (AvgIpc) is 3.00. The molecule has 0 atom stereocenters. The van der Waals surface area contributed by atoms with Gasteiger partial charge in [-0.2, -0.15) is 4.98 Å². The summed E-state index contributed by atoms with van der Waals surface area (Å²) in [6.07, 6.45) is 0. The van der Waals surface area contributed by atoms with Crippen molar-refractivity contribution in [2.75, 3.05) is 42.9 Å². The summed E-state index contributed by atoms with van der Waals surface area (Å²) in [6.45, 7) is 7.44. The van der Waals surface area contributed by atoms with Gasteiger partial charge in [-0.05, 0) is 41.9 Å². The standard InChI is InChI=1S/C16H20BrN5O2/c1-3-18-14-10-11(2)19-16(20-14)22-8-6-21(7-9-22)15(23)12-4-5-13(17)24-12/h4-5,10H,3,6-9H2,1-2H3,(H,18,19,20). The van der Waals surface area contributed by atoms with Crippen LogP contribution in [0.2, 0.25) is 0 Å². The molecule has 1 aliphatic rings. The van der Waals surface area contributed by atoms with Crippen molar-refractivity contribution in [2.45, 2.75) is 13.8 Å². The SMILES string of the molecule is CCNc1cc(C)nc(N2CCN(C(=O)c3ccc(Br)o3)CC2)n1. The van der Waals surface area contributed by atoms with Gasteiger partial charge in [-0.15, -0.1) is 0 Å². The van der Waals surface area contributed by atoms with E-state index < -0.39 is 0 Å². The van der Waals surface area contributed by atoms with E-state index in [2.05, 4.69) is 36.1 Å². The highest BCUT2D eigenvalue weighted by atomic mass is 79.9. The molecule has 128 valence electrons. The molecular weight excluding hydrogens is 374 g/mol. The average molecular weight is 394 g/mol. The van der Waals surface area contributed by atoms with Gasteiger partial charge >= 0.3 is 0 Å². The van der Waals surface area contributed by atoms with Crippen molar-refractivity contribution in [3.8, 4) is 0 Å². The van der Waals surface area contributed by atoms with Gasteiger partial charge in [-0.25, -0.2) is 4.98 Å². The number of carbonyl (C=O) groups excluding carboxylic acids is 1. The Morgan fingerprint density at radius 3 is 2.67 bits per heavy atom. The zero-order valence-corrected chi connectivity index (χ0v) is 15.3. The van der Waals surface area contributed by atoms with E-state index in [9.17, 15) is 4.79 Å². The number of anilines is 2. The second-order valence-corrected chi connectivity index (χ2v) is 6.39. The van der Waals surface area contributed by atoms with Gasteiger partial charge in [0.25, 0.3) is 5.91 Å². The van der Waals surface area contributed by atoms with Crippen LogP contribution >= 0.6 is 15.9 Å². The Bertz CT molecular complexity index is 725. The summed E-state index contributed by atoms with van der Waals surface area (Å²) >= 11 is 3.22. The summed E-state index contributed by atoms with van der Waals surface area (Å²) < 4.78 is 5.91. The van der Waals surface area contributed by atoms with Crippen LogP contribution in [0.3, 0.4) is 0 Å². The van der Waals surface area contributed by atoms with E-state index >= 15 is 0 Å². The van der Waals surface area contributed by atoms with E-state index in [1.54, 1.807) is 17.0 Å². The molecule has 2 aromatic rings. The Hall–Kier alpha value is -2.09. The van der Waals surface area contributed by atoms with Crippen molar-refractivity contribution in [3.05, 3.63) is 34.3 Å². The predicted molar refractivity (Wildman–Crippen MR) is 95.5 cm³/mol. The summed E-state index contributed by atoms with van der Waals surface area (Å²) in [5.74, 6) is 1.81. The highest BCUT2D eigenvalue weighted by Crippen LogP contribution is 2.19. The molecule has 3 rings (SSSR count). The molecule has 1 fully saturated rings. The summed E-state index contributed by atoms with van der Waals surface area (Å²) in [7, 11) is 0. The van der Waals surface area contributed by atoms with Crippen LogP contribution in [-0.4, -0.2) is 53.5 Å². The molecule has 0 radical (unpaired) electrons. The predicted octanol–water partition coefficient (Wildman–Crippen LogP) is 2.53. The van der Waals surface area contributed by atoms with Gasteiger partial charge in [0.15, 0.2) is 10.4 Å². The number of aryl methyl sites for hydroxylation is 1. The van der Waals surface area contributed by atoms with Crippen LogP contribution < -0.4 is 10.2 Å². The number of carbonyl (C=O) groups is 1. The molecule has 1 N–H and O–H groups in total. The van der Waals surface area contributed by atoms with Crippen LogP contribution in [0.4, 0.5) is 11.8 Å². The Kier molecular flexibility index (Phi) is 5.03. The van der Waals surface area contributed by atoms with Crippen molar-refractivity contribution < 1.29 is 9.21 Å². The van der Waals surface area contributed by atoms with Crippen molar-refractivity contribution in [1.82, 2.24) is 14.9 Å². The molecule has 0 aromatic carbocycles. The zero-order chi connectivity index (χ0) is 17.1. The summed E-state index contributed by atoms with van der Waals surface area (Å²) in [4.78, 5) is 25.4. The number of halogens is 1. The smallest absolute Gasteiger partial charge is 0.289 e. The fourth-order valence-corrected chi connectivity index (χ4v) is 2.97. The largest absolute Gasteiger partial charge is 0.444 e. The number of hydrogen-bond acceptors (Lipinski definition) is 6. The molecular formula is C16H20BrN5O2. The van der Waals surface area contributed by atoms with Crippen LogP contribution in [-0.2, 0) is 0 Å². The second kappa shape index (κ2) is 7.21. The Morgan fingerprint density at radius 2 is 2.04 bits per heavy atom. The van der Waals surface area contributed by atoms with Crippen LogP contribution in [0.15, 0.2) is 27.3 Å². The van der Waals surface area contributed by atoms with E-state index in [1.165, 1.54) is 0 Å². The topological polar surface area (TPSA) is 74.5 Å². The molecule has 0 bridgehead atoms. The maximum absolute atomic E-state index is 12.4. The lowest BCUT2D eigenvalue weighted by Gasteiger charge is -2.34. The van der Waals surface area contributed by atoms with Crippen molar-refractivity contribution in [2.24, 2.45) is 0 Å². The molecule has 8 heteroatoms. The Labute approximate surface area is 149 Å². The minimum Gasteiger partial charge on any atom is -0.444 e. The van der Waals surface area contributed by atoms with Gasteiger partial charge < -0.3 is 19.5 Å². The number of aromatic nitrogens is 2. The molecule has 1 aliphatic heterocycles. The number of furan rings is 1. The van der Waals surface area contributed by atoms with E-state index in [-0.39, 0.29) is 5.91 Å². The second-order valence-electron chi connectivity index (χ2n) is 5.61. The Balaban J connectivity index is 1.65. The number of nitrogens with zero attached hydrogens (tertiary/aromatic N) is 4. The van der Waals surface area contributed by atoms with E-state index in [0.29, 0.717) is 42.6 Å². The quantitative estimate of drug-likeness (QED) is 0.859. The molecule has 1 saturated heterocycles. The number of piperazine rings is 1. The maximum Gasteiger partial charge on any atom is 0.289 e. The number of hydrogen-bond donors (Lipinski definition) is 1. The first kappa shape index (κ1) is 16.8. The van der Waals surface area contributed by atoms with Gasteiger partial charge in [0.1, 0.15) is 5.82 Å². The maximum atomic E-state index is 12.4. The number of amides is 1. The van der Waals surface area contributed by atoms with Crippen LogP contribution in [0.25, 0.3) is 0 Å². The van der Waals surface area contributed by atoms with Crippen molar-refractivity contribution >= 4 is 33.6 Å². The monoisotopic (exact) mass is 393 g/mol. The summed E-state index contributed by atoms with van der Waals surface area (Å²) in [6, 6.07) is 5.35. The molecule has 1 amide bonds. The number of nitrogens with one attached hydrogen (secondary N) is 1. The third-order valence-corrected chi connectivity index (χ3v) is 4.26. The molecule has 0 saturated carbocycles. The molecule has 0 spiro atoms. The lowest BCUT2D eigenvalue weighted by Crippen LogP contribution is -2.49. The van der Waals surface area contributed by atoms with E-state index in [0.717, 1.165) is 18.1 Å². The summed E-state index contributed by atoms with van der Waals surface area (Å²) in [5, 5.41) is 3.22. The van der Waals surface area contributed by atoms with Gasteiger partial charge in [0.2, 0.25) is 5.95 Å². The first-order valence-corrected chi connectivity index (χ1v) is 8.75. The van der Waals surface area contributed by atoms with Crippen LogP contribution in [0.1, 0.15) is 23.2 Å². The van der Waals surface area contributed by atoms with Gasteiger partial charge in [-0.1, -0.05) is 0 Å². The minimum absolute atomic E-state index is 0.0844. The molecule has 24 heavy (non-hydrogen) atoms. The van der Waals surface area contributed by atoms with Crippen molar-refractivity contribution in [1.29, 1.82) is 0 Å². The normalized spacial score (nSPS) is 14.8. The molecule has 0 aliphatic carbocycles. The molecule has 0 unspecified atom stereocenters. The third kappa shape index (κ3) is 3.69. The zero-order valence-electron chi connectivity index (χ0n) is 13.8. The minimum atomic E-state index is -0.0844. The van der Waals surface area contributed by atoms with E-state index in [1.807, 2.05) is 19.9 Å². The lowest BCUT2D eigenvalue weighted by atomic mass is 10.3. The summed E-state index contributed by atoms with van der Waals surface area (Å²) in [5.41, 5.74) is 0.926. The lowest BCUT2D eigenvalue weighted by molar-refractivity contribution is 0.0712. The third-order valence-electron chi connectivity index (χ3n) is 3.83. The highest BCUT2D eigenvalue weighted by molar-refractivity contribution is 9.10. The van der Waals surface area contributed by atoms with Crippen LogP contribution in [0, 0.1) is 6.92 Å². The van der Waals surface area contributed by atoms with Gasteiger partial charge in [0, 0.05) is 44.5 Å². The van der Waals surface area contributed by atoms with E-state index in [4.69, 9.17) is 4.42 Å². The molecule has 3 heterocycles. The molecule has 2 aromatic heterocycles. The van der Waals surface area contributed by atoms with Crippen LogP contribution in [0.5, 0.6) is 0 Å². The van der Waals surface area contributed by atoms with Gasteiger partial charge in [0.05, 0.1) is 0 Å². The fraction of sp³-hybridized carbons (Fsp3) is 0.438. The molecule has 7 nitrogen and oxygen atoms in total.